The number of esters is 1. The number of halogens is 2. The van der Waals surface area contributed by atoms with Crippen LogP contribution < -0.4 is 10.5 Å². The topological polar surface area (TPSA) is 61.5 Å². The zero-order valence-electron chi connectivity index (χ0n) is 8.90. The summed E-state index contributed by atoms with van der Waals surface area (Å²) in [5.74, 6) is 0.225. The van der Waals surface area contributed by atoms with Crippen molar-refractivity contribution in [3.8, 4) is 5.75 Å². The van der Waals surface area contributed by atoms with Crippen LogP contribution in [0.25, 0.3) is 0 Å². The molecule has 0 bridgehead atoms. The minimum Gasteiger partial charge on any atom is -0.496 e. The summed E-state index contributed by atoms with van der Waals surface area (Å²) in [6.07, 6.45) is 0. The lowest BCUT2D eigenvalue weighted by Gasteiger charge is -2.11. The highest BCUT2D eigenvalue weighted by molar-refractivity contribution is 9.10. The quantitative estimate of drug-likeness (QED) is 0.868. The Bertz CT molecular complexity index is 373. The van der Waals surface area contributed by atoms with Gasteiger partial charge in [0.25, 0.3) is 0 Å². The standard InChI is InChI=1S/C10H12BrNO3.ClH/c1-14-8-4-3-6(5-7(8)11)9(12)10(13)15-2;/h3-5,9H,12H2,1-2H3;1H/t9-;/m0./s1. The van der Waals surface area contributed by atoms with Gasteiger partial charge in [0.2, 0.25) is 0 Å². The molecule has 0 fully saturated rings. The first-order valence-electron chi connectivity index (χ1n) is 4.27. The van der Waals surface area contributed by atoms with Crippen LogP contribution in [0.4, 0.5) is 0 Å². The van der Waals surface area contributed by atoms with Gasteiger partial charge in [0.1, 0.15) is 11.8 Å². The molecule has 0 saturated carbocycles. The smallest absolute Gasteiger partial charge is 0.327 e. The number of hydrogen-bond donors (Lipinski definition) is 1. The number of carbonyl (C=O) groups is 1. The number of ether oxygens (including phenoxy) is 2. The average molecular weight is 311 g/mol. The van der Waals surface area contributed by atoms with E-state index in [1.54, 1.807) is 25.3 Å². The molecule has 6 heteroatoms. The molecule has 0 spiro atoms. The van der Waals surface area contributed by atoms with E-state index in [-0.39, 0.29) is 12.4 Å². The second kappa shape index (κ2) is 6.73. The summed E-state index contributed by atoms with van der Waals surface area (Å²) >= 11 is 3.31. The van der Waals surface area contributed by atoms with E-state index in [9.17, 15) is 4.79 Å². The number of methoxy groups -OCH3 is 2. The zero-order valence-corrected chi connectivity index (χ0v) is 11.3. The first kappa shape index (κ1) is 15.2. The molecule has 1 rings (SSSR count). The molecule has 0 aliphatic carbocycles. The maximum absolute atomic E-state index is 11.2. The Labute approximate surface area is 109 Å². The van der Waals surface area contributed by atoms with Gasteiger partial charge in [-0.1, -0.05) is 6.07 Å². The fraction of sp³-hybridized carbons (Fsp3) is 0.300. The second-order valence-corrected chi connectivity index (χ2v) is 3.75. The van der Waals surface area contributed by atoms with E-state index in [4.69, 9.17) is 10.5 Å². The van der Waals surface area contributed by atoms with Crippen molar-refractivity contribution in [2.24, 2.45) is 5.73 Å². The molecule has 0 aliphatic heterocycles. The minimum absolute atomic E-state index is 0. The lowest BCUT2D eigenvalue weighted by molar-refractivity contribution is -0.142. The van der Waals surface area contributed by atoms with Crippen molar-refractivity contribution in [2.45, 2.75) is 6.04 Å². The lowest BCUT2D eigenvalue weighted by Crippen LogP contribution is -2.22. The van der Waals surface area contributed by atoms with Crippen LogP contribution in [0.5, 0.6) is 5.75 Å². The van der Waals surface area contributed by atoms with Crippen LogP contribution in [0.2, 0.25) is 0 Å². The Morgan fingerprint density at radius 3 is 2.50 bits per heavy atom. The first-order chi connectivity index (χ1) is 7.10. The van der Waals surface area contributed by atoms with Gasteiger partial charge < -0.3 is 15.2 Å². The fourth-order valence-corrected chi connectivity index (χ4v) is 1.70. The van der Waals surface area contributed by atoms with Crippen LogP contribution >= 0.6 is 28.3 Å². The maximum atomic E-state index is 11.2. The summed E-state index contributed by atoms with van der Waals surface area (Å²) < 4.78 is 10.4. The predicted octanol–water partition coefficient (Wildman–Crippen LogP) is 2.05. The molecule has 16 heavy (non-hydrogen) atoms. The summed E-state index contributed by atoms with van der Waals surface area (Å²) in [4.78, 5) is 11.2. The van der Waals surface area contributed by atoms with Crippen molar-refractivity contribution in [3.63, 3.8) is 0 Å². The molecule has 1 atom stereocenters. The Morgan fingerprint density at radius 2 is 2.06 bits per heavy atom. The van der Waals surface area contributed by atoms with E-state index in [0.29, 0.717) is 11.3 Å². The van der Waals surface area contributed by atoms with E-state index < -0.39 is 12.0 Å². The van der Waals surface area contributed by atoms with Crippen LogP contribution in [0, 0.1) is 0 Å². The third-order valence-corrected chi connectivity index (χ3v) is 2.61. The van der Waals surface area contributed by atoms with E-state index in [2.05, 4.69) is 20.7 Å². The van der Waals surface area contributed by atoms with Crippen molar-refractivity contribution in [2.75, 3.05) is 14.2 Å². The molecule has 90 valence electrons. The highest BCUT2D eigenvalue weighted by atomic mass is 79.9. The molecule has 0 amide bonds. The number of hydrogen-bond acceptors (Lipinski definition) is 4. The minimum atomic E-state index is -0.766. The Balaban J connectivity index is 0.00000225. The van der Waals surface area contributed by atoms with E-state index in [0.717, 1.165) is 4.47 Å². The highest BCUT2D eigenvalue weighted by Crippen LogP contribution is 2.27. The van der Waals surface area contributed by atoms with E-state index >= 15 is 0 Å². The molecule has 1 aromatic carbocycles. The van der Waals surface area contributed by atoms with Crippen LogP contribution in [-0.2, 0) is 9.53 Å². The van der Waals surface area contributed by atoms with Gasteiger partial charge in [-0.25, -0.2) is 0 Å². The Hall–Kier alpha value is -0.780. The number of nitrogens with two attached hydrogens (primary N) is 1. The molecular weight excluding hydrogens is 297 g/mol. The predicted molar refractivity (Wildman–Crippen MR) is 66.9 cm³/mol. The number of rotatable bonds is 3. The number of benzene rings is 1. The van der Waals surface area contributed by atoms with Gasteiger partial charge >= 0.3 is 5.97 Å². The molecule has 0 heterocycles. The van der Waals surface area contributed by atoms with Crippen LogP contribution in [0.15, 0.2) is 22.7 Å². The maximum Gasteiger partial charge on any atom is 0.327 e. The van der Waals surface area contributed by atoms with Crippen LogP contribution in [0.1, 0.15) is 11.6 Å². The van der Waals surface area contributed by atoms with Crippen molar-refractivity contribution in [1.29, 1.82) is 0 Å². The van der Waals surface area contributed by atoms with Crippen molar-refractivity contribution in [1.82, 2.24) is 0 Å². The molecule has 0 radical (unpaired) electrons. The van der Waals surface area contributed by atoms with Crippen LogP contribution in [-0.4, -0.2) is 20.2 Å². The van der Waals surface area contributed by atoms with Gasteiger partial charge in [-0.2, -0.15) is 0 Å². The van der Waals surface area contributed by atoms with Gasteiger partial charge in [0.15, 0.2) is 0 Å². The van der Waals surface area contributed by atoms with Gasteiger partial charge in [-0.05, 0) is 33.6 Å². The average Bonchev–Trinajstić information content (AvgIpc) is 2.26. The Morgan fingerprint density at radius 1 is 1.44 bits per heavy atom. The number of carbonyl (C=O) groups excluding carboxylic acids is 1. The van der Waals surface area contributed by atoms with E-state index in [1.807, 2.05) is 0 Å². The van der Waals surface area contributed by atoms with Gasteiger partial charge in [-0.3, -0.25) is 4.79 Å². The SMILES string of the molecule is COC(=O)[C@@H](N)c1ccc(OC)c(Br)c1.Cl. The largest absolute Gasteiger partial charge is 0.496 e. The Kier molecular flexibility index (Phi) is 6.40. The highest BCUT2D eigenvalue weighted by Gasteiger charge is 2.17. The van der Waals surface area contributed by atoms with Gasteiger partial charge in [0, 0.05) is 0 Å². The molecule has 4 nitrogen and oxygen atoms in total. The van der Waals surface area contributed by atoms with Crippen molar-refractivity contribution < 1.29 is 14.3 Å². The molecular formula is C10H13BrClNO3. The van der Waals surface area contributed by atoms with Gasteiger partial charge in [-0.15, -0.1) is 12.4 Å². The zero-order chi connectivity index (χ0) is 11.4. The first-order valence-corrected chi connectivity index (χ1v) is 5.06. The summed E-state index contributed by atoms with van der Waals surface area (Å²) in [6, 6.07) is 4.44. The van der Waals surface area contributed by atoms with Crippen LogP contribution in [0.3, 0.4) is 0 Å². The molecule has 0 saturated heterocycles. The molecule has 2 N–H and O–H groups in total. The molecule has 0 aliphatic rings. The fourth-order valence-electron chi connectivity index (χ4n) is 1.14. The second-order valence-electron chi connectivity index (χ2n) is 2.89. The molecule has 0 unspecified atom stereocenters. The molecule has 0 aromatic heterocycles. The monoisotopic (exact) mass is 309 g/mol. The summed E-state index contributed by atoms with van der Waals surface area (Å²) in [6.45, 7) is 0. The van der Waals surface area contributed by atoms with E-state index in [1.165, 1.54) is 7.11 Å². The summed E-state index contributed by atoms with van der Waals surface area (Å²) in [5, 5.41) is 0. The normalized spacial score (nSPS) is 11.2. The molecule has 1 aromatic rings. The third-order valence-electron chi connectivity index (χ3n) is 1.99. The van der Waals surface area contributed by atoms with Gasteiger partial charge in [0.05, 0.1) is 18.7 Å². The van der Waals surface area contributed by atoms with Crippen molar-refractivity contribution in [3.05, 3.63) is 28.2 Å². The summed E-state index contributed by atoms with van der Waals surface area (Å²) in [5.41, 5.74) is 6.35. The lowest BCUT2D eigenvalue weighted by atomic mass is 10.1. The van der Waals surface area contributed by atoms with Crippen molar-refractivity contribution >= 4 is 34.3 Å². The summed E-state index contributed by atoms with van der Waals surface area (Å²) in [7, 11) is 2.88. The third kappa shape index (κ3) is 3.37.